The topological polar surface area (TPSA) is 29.5 Å². The molecule has 0 N–H and O–H groups in total. The van der Waals surface area contributed by atoms with E-state index in [1.54, 1.807) is 18.9 Å². The number of benzene rings is 1. The Balaban J connectivity index is 1.86. The molecule has 1 heterocycles. The Labute approximate surface area is 106 Å². The van der Waals surface area contributed by atoms with Crippen molar-refractivity contribution in [3.8, 4) is 5.75 Å². The van der Waals surface area contributed by atoms with E-state index in [0.717, 1.165) is 36.6 Å². The molecule has 1 aliphatic rings. The summed E-state index contributed by atoms with van der Waals surface area (Å²) in [5.74, 6) is 1.60. The fourth-order valence-corrected chi connectivity index (χ4v) is 2.74. The van der Waals surface area contributed by atoms with Gasteiger partial charge in [-0.2, -0.15) is 0 Å². The van der Waals surface area contributed by atoms with Gasteiger partial charge in [0, 0.05) is 18.0 Å². The van der Waals surface area contributed by atoms with Crippen LogP contribution in [0.1, 0.15) is 12.8 Å². The van der Waals surface area contributed by atoms with Gasteiger partial charge in [-0.3, -0.25) is 4.79 Å². The quantitative estimate of drug-likeness (QED) is 0.770. The number of methoxy groups -OCH3 is 1. The largest absolute Gasteiger partial charge is 0.497 e. The molecule has 1 saturated heterocycles. The first-order valence-electron chi connectivity index (χ1n) is 5.84. The number of ether oxygens (including phenoxy) is 1. The second-order valence-electron chi connectivity index (χ2n) is 4.06. The fraction of sp³-hybridized carbons (Fsp3) is 0.462. The van der Waals surface area contributed by atoms with Crippen LogP contribution in [0.3, 0.4) is 0 Å². The highest BCUT2D eigenvalue weighted by Gasteiger charge is 2.17. The summed E-state index contributed by atoms with van der Waals surface area (Å²) in [7, 11) is 1.65. The Morgan fingerprint density at radius 1 is 1.41 bits per heavy atom. The minimum atomic E-state index is 0.246. The smallest absolute Gasteiger partial charge is 0.232 e. The van der Waals surface area contributed by atoms with E-state index in [9.17, 15) is 4.79 Å². The van der Waals surface area contributed by atoms with Crippen LogP contribution in [0, 0.1) is 0 Å². The van der Waals surface area contributed by atoms with Gasteiger partial charge in [0.2, 0.25) is 5.91 Å². The lowest BCUT2D eigenvalue weighted by atomic mass is 10.3. The maximum atomic E-state index is 11.8. The number of thioether (sulfide) groups is 1. The van der Waals surface area contributed by atoms with Crippen LogP contribution in [-0.4, -0.2) is 36.8 Å². The number of likely N-dealkylation sites (tertiary alicyclic amines) is 1. The summed E-state index contributed by atoms with van der Waals surface area (Å²) in [6, 6.07) is 7.82. The van der Waals surface area contributed by atoms with Gasteiger partial charge in [0.25, 0.3) is 0 Å². The van der Waals surface area contributed by atoms with Crippen LogP contribution in [0.4, 0.5) is 0 Å². The molecule has 92 valence electrons. The summed E-state index contributed by atoms with van der Waals surface area (Å²) < 4.78 is 5.15. The van der Waals surface area contributed by atoms with Gasteiger partial charge in [0.05, 0.1) is 12.9 Å². The Hall–Kier alpha value is -1.16. The molecule has 1 aromatic carbocycles. The molecule has 0 bridgehead atoms. The zero-order valence-corrected chi connectivity index (χ0v) is 10.8. The van der Waals surface area contributed by atoms with Crippen LogP contribution < -0.4 is 4.74 Å². The van der Waals surface area contributed by atoms with Gasteiger partial charge >= 0.3 is 0 Å². The molecule has 0 aromatic heterocycles. The Morgan fingerprint density at radius 3 is 2.88 bits per heavy atom. The molecule has 0 radical (unpaired) electrons. The van der Waals surface area contributed by atoms with Crippen LogP contribution in [0.15, 0.2) is 29.2 Å². The second-order valence-corrected chi connectivity index (χ2v) is 5.10. The molecule has 0 atom stereocenters. The van der Waals surface area contributed by atoms with Gasteiger partial charge in [0.1, 0.15) is 5.75 Å². The van der Waals surface area contributed by atoms with E-state index < -0.39 is 0 Å². The predicted octanol–water partition coefficient (Wildman–Crippen LogP) is 2.41. The van der Waals surface area contributed by atoms with Gasteiger partial charge in [-0.1, -0.05) is 6.07 Å². The zero-order valence-electron chi connectivity index (χ0n) is 10.0. The molecular formula is C13H17NO2S. The number of carbonyl (C=O) groups is 1. The van der Waals surface area contributed by atoms with Crippen LogP contribution in [0.2, 0.25) is 0 Å². The molecule has 0 aliphatic carbocycles. The second kappa shape index (κ2) is 5.96. The van der Waals surface area contributed by atoms with Crippen molar-refractivity contribution >= 4 is 17.7 Å². The van der Waals surface area contributed by atoms with Crippen LogP contribution in [0.25, 0.3) is 0 Å². The summed E-state index contributed by atoms with van der Waals surface area (Å²) in [6.07, 6.45) is 2.30. The first-order chi connectivity index (χ1) is 8.29. The van der Waals surface area contributed by atoms with E-state index in [4.69, 9.17) is 4.74 Å². The van der Waals surface area contributed by atoms with Gasteiger partial charge in [-0.15, -0.1) is 11.8 Å². The SMILES string of the molecule is COc1cccc(SCC(=O)N2CCCC2)c1. The Morgan fingerprint density at radius 2 is 2.18 bits per heavy atom. The number of carbonyl (C=O) groups excluding carboxylic acids is 1. The molecule has 0 saturated carbocycles. The third-order valence-electron chi connectivity index (χ3n) is 2.86. The van der Waals surface area contributed by atoms with Crippen molar-refractivity contribution in [2.24, 2.45) is 0 Å². The molecule has 4 heteroatoms. The summed E-state index contributed by atoms with van der Waals surface area (Å²) in [5.41, 5.74) is 0. The molecule has 0 spiro atoms. The highest BCUT2D eigenvalue weighted by molar-refractivity contribution is 8.00. The Bertz CT molecular complexity index is 389. The van der Waals surface area contributed by atoms with Crippen molar-refractivity contribution < 1.29 is 9.53 Å². The van der Waals surface area contributed by atoms with Crippen molar-refractivity contribution in [1.82, 2.24) is 4.90 Å². The highest BCUT2D eigenvalue weighted by Crippen LogP contribution is 2.23. The number of rotatable bonds is 4. The molecule has 1 aromatic rings. The Kier molecular flexibility index (Phi) is 4.31. The molecule has 0 unspecified atom stereocenters. The molecular weight excluding hydrogens is 234 g/mol. The van der Waals surface area contributed by atoms with Gasteiger partial charge < -0.3 is 9.64 Å². The maximum Gasteiger partial charge on any atom is 0.232 e. The minimum absolute atomic E-state index is 0.246. The van der Waals surface area contributed by atoms with E-state index in [-0.39, 0.29) is 5.91 Å². The maximum absolute atomic E-state index is 11.8. The van der Waals surface area contributed by atoms with Crippen molar-refractivity contribution in [3.05, 3.63) is 24.3 Å². The number of hydrogen-bond acceptors (Lipinski definition) is 3. The summed E-state index contributed by atoms with van der Waals surface area (Å²) in [6.45, 7) is 1.86. The predicted molar refractivity (Wildman–Crippen MR) is 69.5 cm³/mol. The first kappa shape index (κ1) is 12.3. The van der Waals surface area contributed by atoms with E-state index in [2.05, 4.69) is 0 Å². The van der Waals surface area contributed by atoms with Crippen LogP contribution in [-0.2, 0) is 4.79 Å². The van der Waals surface area contributed by atoms with E-state index in [1.807, 2.05) is 29.2 Å². The van der Waals surface area contributed by atoms with Gasteiger partial charge in [0.15, 0.2) is 0 Å². The lowest BCUT2D eigenvalue weighted by molar-refractivity contribution is -0.127. The summed E-state index contributed by atoms with van der Waals surface area (Å²) in [4.78, 5) is 14.9. The van der Waals surface area contributed by atoms with Crippen LogP contribution >= 0.6 is 11.8 Å². The molecule has 1 aliphatic heterocycles. The van der Waals surface area contributed by atoms with E-state index in [0.29, 0.717) is 5.75 Å². The standard InChI is InChI=1S/C13H17NO2S/c1-16-11-5-4-6-12(9-11)17-10-13(15)14-7-2-3-8-14/h4-6,9H,2-3,7-8,10H2,1H3. The van der Waals surface area contributed by atoms with Crippen molar-refractivity contribution in [2.45, 2.75) is 17.7 Å². The number of nitrogens with zero attached hydrogens (tertiary/aromatic N) is 1. The first-order valence-corrected chi connectivity index (χ1v) is 6.83. The van der Waals surface area contributed by atoms with Crippen molar-refractivity contribution in [1.29, 1.82) is 0 Å². The molecule has 1 fully saturated rings. The molecule has 17 heavy (non-hydrogen) atoms. The average molecular weight is 251 g/mol. The molecule has 2 rings (SSSR count). The molecule has 3 nitrogen and oxygen atoms in total. The lowest BCUT2D eigenvalue weighted by Crippen LogP contribution is -2.29. The van der Waals surface area contributed by atoms with Crippen molar-refractivity contribution in [3.63, 3.8) is 0 Å². The highest BCUT2D eigenvalue weighted by atomic mass is 32.2. The third kappa shape index (κ3) is 3.40. The molecule has 1 amide bonds. The average Bonchev–Trinajstić information content (AvgIpc) is 2.90. The van der Waals surface area contributed by atoms with Gasteiger partial charge in [-0.05, 0) is 31.0 Å². The van der Waals surface area contributed by atoms with E-state index >= 15 is 0 Å². The lowest BCUT2D eigenvalue weighted by Gasteiger charge is -2.14. The van der Waals surface area contributed by atoms with Crippen LogP contribution in [0.5, 0.6) is 5.75 Å². The summed E-state index contributed by atoms with van der Waals surface area (Å²) in [5, 5.41) is 0. The zero-order chi connectivity index (χ0) is 12.1. The monoisotopic (exact) mass is 251 g/mol. The normalized spacial score (nSPS) is 15.0. The minimum Gasteiger partial charge on any atom is -0.497 e. The summed E-state index contributed by atoms with van der Waals surface area (Å²) >= 11 is 1.57. The van der Waals surface area contributed by atoms with Crippen molar-refractivity contribution in [2.75, 3.05) is 26.0 Å². The van der Waals surface area contributed by atoms with Gasteiger partial charge in [-0.25, -0.2) is 0 Å². The fourth-order valence-electron chi connectivity index (χ4n) is 1.89. The third-order valence-corrected chi connectivity index (χ3v) is 3.84. The number of amides is 1. The number of hydrogen-bond donors (Lipinski definition) is 0. The van der Waals surface area contributed by atoms with E-state index in [1.165, 1.54) is 0 Å².